The van der Waals surface area contributed by atoms with Crippen molar-refractivity contribution in [3.05, 3.63) is 90.0 Å². The van der Waals surface area contributed by atoms with Crippen LogP contribution in [0.2, 0.25) is 0 Å². The SMILES string of the molecule is O=C(Oc1ccc(C#Cc2ccc(OCOc3ccccc3)cc2)cc1)C1CCCCC1. The predicted molar refractivity (Wildman–Crippen MR) is 124 cm³/mol. The first-order valence-corrected chi connectivity index (χ1v) is 11.0. The van der Waals surface area contributed by atoms with Crippen LogP contribution in [-0.4, -0.2) is 12.8 Å². The molecule has 0 N–H and O–H groups in total. The van der Waals surface area contributed by atoms with E-state index in [2.05, 4.69) is 11.8 Å². The van der Waals surface area contributed by atoms with Crippen LogP contribution in [0.5, 0.6) is 17.2 Å². The fraction of sp³-hybridized carbons (Fsp3) is 0.250. The van der Waals surface area contributed by atoms with Gasteiger partial charge in [0.25, 0.3) is 0 Å². The van der Waals surface area contributed by atoms with Crippen LogP contribution in [-0.2, 0) is 4.79 Å². The lowest BCUT2D eigenvalue weighted by Gasteiger charge is -2.19. The van der Waals surface area contributed by atoms with Crippen LogP contribution in [0.3, 0.4) is 0 Å². The molecule has 1 aliphatic rings. The van der Waals surface area contributed by atoms with Gasteiger partial charge in [0.1, 0.15) is 17.2 Å². The first-order valence-electron chi connectivity index (χ1n) is 11.0. The number of esters is 1. The molecular weight excluding hydrogens is 400 g/mol. The average Bonchev–Trinajstić information content (AvgIpc) is 2.85. The summed E-state index contributed by atoms with van der Waals surface area (Å²) in [5.74, 6) is 8.26. The van der Waals surface area contributed by atoms with E-state index in [-0.39, 0.29) is 18.7 Å². The van der Waals surface area contributed by atoms with Gasteiger partial charge >= 0.3 is 5.97 Å². The third-order valence-corrected chi connectivity index (χ3v) is 5.41. The smallest absolute Gasteiger partial charge is 0.314 e. The summed E-state index contributed by atoms with van der Waals surface area (Å²) in [7, 11) is 0. The monoisotopic (exact) mass is 426 g/mol. The summed E-state index contributed by atoms with van der Waals surface area (Å²) in [6.45, 7) is 0.146. The maximum atomic E-state index is 12.3. The van der Waals surface area contributed by atoms with Crippen LogP contribution < -0.4 is 14.2 Å². The zero-order chi connectivity index (χ0) is 22.0. The van der Waals surface area contributed by atoms with Crippen molar-refractivity contribution < 1.29 is 19.0 Å². The molecule has 3 aromatic rings. The second-order valence-electron chi connectivity index (χ2n) is 7.77. The van der Waals surface area contributed by atoms with Gasteiger partial charge in [0.2, 0.25) is 6.79 Å². The van der Waals surface area contributed by atoms with Crippen LogP contribution in [0.4, 0.5) is 0 Å². The van der Waals surface area contributed by atoms with Gasteiger partial charge in [0.15, 0.2) is 0 Å². The molecule has 162 valence electrons. The lowest BCUT2D eigenvalue weighted by atomic mass is 9.89. The second kappa shape index (κ2) is 11.1. The second-order valence-corrected chi connectivity index (χ2v) is 7.77. The van der Waals surface area contributed by atoms with E-state index in [0.29, 0.717) is 5.75 Å². The van der Waals surface area contributed by atoms with Crippen molar-refractivity contribution in [2.24, 2.45) is 5.92 Å². The highest BCUT2D eigenvalue weighted by molar-refractivity contribution is 5.75. The predicted octanol–water partition coefficient (Wildman–Crippen LogP) is 5.99. The number of rotatable bonds is 6. The molecule has 1 fully saturated rings. The summed E-state index contributed by atoms with van der Waals surface area (Å²) >= 11 is 0. The molecule has 0 amide bonds. The van der Waals surface area contributed by atoms with Gasteiger partial charge in [0.05, 0.1) is 5.92 Å². The highest BCUT2D eigenvalue weighted by Crippen LogP contribution is 2.25. The Balaban J connectivity index is 1.26. The number of hydrogen-bond donors (Lipinski definition) is 0. The molecule has 32 heavy (non-hydrogen) atoms. The minimum absolute atomic E-state index is 0.0417. The Morgan fingerprint density at radius 1 is 0.688 bits per heavy atom. The normalized spacial score (nSPS) is 13.5. The summed E-state index contributed by atoms with van der Waals surface area (Å²) in [4.78, 5) is 12.3. The molecule has 0 radical (unpaired) electrons. The Morgan fingerprint density at radius 3 is 1.81 bits per heavy atom. The van der Waals surface area contributed by atoms with E-state index in [9.17, 15) is 4.79 Å². The standard InChI is InChI=1S/C28H26O4/c29-28(24-7-3-1-4-8-24)32-27-19-15-23(16-20-27)12-11-22-13-17-26(18-14-22)31-21-30-25-9-5-2-6-10-25/h2,5-6,9-10,13-20,24H,1,3-4,7-8,21H2. The number of carbonyl (C=O) groups excluding carboxylic acids is 1. The topological polar surface area (TPSA) is 44.8 Å². The number of hydrogen-bond acceptors (Lipinski definition) is 4. The van der Waals surface area contributed by atoms with Crippen LogP contribution in [0.25, 0.3) is 0 Å². The zero-order valence-corrected chi connectivity index (χ0v) is 18.0. The molecule has 0 saturated heterocycles. The van der Waals surface area contributed by atoms with Crippen LogP contribution in [0, 0.1) is 17.8 Å². The van der Waals surface area contributed by atoms with Crippen molar-refractivity contribution in [3.8, 4) is 29.1 Å². The summed E-state index contributed by atoms with van der Waals surface area (Å²) < 4.78 is 16.7. The molecular formula is C28H26O4. The third-order valence-electron chi connectivity index (χ3n) is 5.41. The highest BCUT2D eigenvalue weighted by Gasteiger charge is 2.22. The van der Waals surface area contributed by atoms with Crippen molar-refractivity contribution in [2.45, 2.75) is 32.1 Å². The maximum absolute atomic E-state index is 12.3. The van der Waals surface area contributed by atoms with E-state index >= 15 is 0 Å². The summed E-state index contributed by atoms with van der Waals surface area (Å²) in [5.41, 5.74) is 1.74. The van der Waals surface area contributed by atoms with E-state index in [1.807, 2.05) is 66.7 Å². The minimum atomic E-state index is -0.111. The molecule has 1 saturated carbocycles. The molecule has 1 aliphatic carbocycles. The Labute approximate surface area is 189 Å². The van der Waals surface area contributed by atoms with E-state index in [4.69, 9.17) is 14.2 Å². The number of benzene rings is 3. The van der Waals surface area contributed by atoms with Gasteiger partial charge in [-0.3, -0.25) is 4.79 Å². The molecule has 0 aromatic heterocycles. The quantitative estimate of drug-likeness (QED) is 0.210. The third kappa shape index (κ3) is 6.39. The lowest BCUT2D eigenvalue weighted by molar-refractivity contribution is -0.139. The van der Waals surface area contributed by atoms with Gasteiger partial charge in [-0.05, 0) is 73.5 Å². The van der Waals surface area contributed by atoms with Crippen molar-refractivity contribution >= 4 is 5.97 Å². The Bertz CT molecular complexity index is 1050. The van der Waals surface area contributed by atoms with Gasteiger partial charge < -0.3 is 14.2 Å². The highest BCUT2D eigenvalue weighted by atomic mass is 16.7. The van der Waals surface area contributed by atoms with E-state index in [1.54, 1.807) is 12.1 Å². The molecule has 0 spiro atoms. The number of para-hydroxylation sites is 1. The minimum Gasteiger partial charge on any atom is -0.458 e. The number of ether oxygens (including phenoxy) is 3. The average molecular weight is 427 g/mol. The summed E-state index contributed by atoms with van der Waals surface area (Å²) in [6, 6.07) is 24.4. The molecule has 0 aliphatic heterocycles. The van der Waals surface area contributed by atoms with Crippen molar-refractivity contribution in [2.75, 3.05) is 6.79 Å². The van der Waals surface area contributed by atoms with Gasteiger partial charge in [-0.2, -0.15) is 0 Å². The van der Waals surface area contributed by atoms with Crippen molar-refractivity contribution in [3.63, 3.8) is 0 Å². The molecule has 0 unspecified atom stereocenters. The molecule has 4 heteroatoms. The molecule has 4 rings (SSSR count). The van der Waals surface area contributed by atoms with Gasteiger partial charge in [-0.15, -0.1) is 0 Å². The van der Waals surface area contributed by atoms with Crippen LogP contribution in [0.15, 0.2) is 78.9 Å². The fourth-order valence-corrected chi connectivity index (χ4v) is 3.61. The largest absolute Gasteiger partial charge is 0.458 e. The fourth-order valence-electron chi connectivity index (χ4n) is 3.61. The maximum Gasteiger partial charge on any atom is 0.314 e. The zero-order valence-electron chi connectivity index (χ0n) is 18.0. The Morgan fingerprint density at radius 2 is 1.22 bits per heavy atom. The lowest BCUT2D eigenvalue weighted by Crippen LogP contribution is -2.22. The number of carbonyl (C=O) groups is 1. The Kier molecular flexibility index (Phi) is 7.44. The van der Waals surface area contributed by atoms with Crippen molar-refractivity contribution in [1.29, 1.82) is 0 Å². The van der Waals surface area contributed by atoms with Gasteiger partial charge in [0, 0.05) is 11.1 Å². The molecule has 0 atom stereocenters. The van der Waals surface area contributed by atoms with Crippen molar-refractivity contribution in [1.82, 2.24) is 0 Å². The van der Waals surface area contributed by atoms with E-state index in [0.717, 1.165) is 48.3 Å². The van der Waals surface area contributed by atoms with Crippen LogP contribution >= 0.6 is 0 Å². The first-order chi connectivity index (χ1) is 15.8. The van der Waals surface area contributed by atoms with Crippen LogP contribution in [0.1, 0.15) is 43.2 Å². The van der Waals surface area contributed by atoms with Gasteiger partial charge in [-0.1, -0.05) is 49.3 Å². The van der Waals surface area contributed by atoms with E-state index in [1.165, 1.54) is 6.42 Å². The summed E-state index contributed by atoms with van der Waals surface area (Å²) in [5, 5.41) is 0. The molecule has 4 nitrogen and oxygen atoms in total. The molecule has 3 aromatic carbocycles. The Hall–Kier alpha value is -3.71. The first kappa shape index (κ1) is 21.5. The van der Waals surface area contributed by atoms with Gasteiger partial charge in [-0.25, -0.2) is 0 Å². The van der Waals surface area contributed by atoms with E-state index < -0.39 is 0 Å². The molecule has 0 bridgehead atoms. The molecule has 0 heterocycles. The summed E-state index contributed by atoms with van der Waals surface area (Å²) in [6.07, 6.45) is 5.32.